The van der Waals surface area contributed by atoms with Crippen LogP contribution in [0, 0.1) is 0 Å². The van der Waals surface area contributed by atoms with Crippen molar-refractivity contribution in [3.63, 3.8) is 0 Å². The first-order chi connectivity index (χ1) is 9.61. The van der Waals surface area contributed by atoms with Crippen molar-refractivity contribution in [3.8, 4) is 11.5 Å². The fourth-order valence-corrected chi connectivity index (χ4v) is 2.67. The van der Waals surface area contributed by atoms with Gasteiger partial charge in [0.05, 0.1) is 13.2 Å². The lowest BCUT2D eigenvalue weighted by molar-refractivity contribution is 0.0311. The summed E-state index contributed by atoms with van der Waals surface area (Å²) in [6.45, 7) is 1.93. The molecule has 20 heavy (non-hydrogen) atoms. The van der Waals surface area contributed by atoms with E-state index in [4.69, 9.17) is 15.2 Å². The Morgan fingerprint density at radius 3 is 2.70 bits per heavy atom. The van der Waals surface area contributed by atoms with E-state index in [9.17, 15) is 5.11 Å². The average Bonchev–Trinajstić information content (AvgIpc) is 2.64. The zero-order valence-electron chi connectivity index (χ0n) is 12.3. The van der Waals surface area contributed by atoms with E-state index >= 15 is 0 Å². The van der Waals surface area contributed by atoms with Crippen molar-refractivity contribution in [2.75, 3.05) is 7.11 Å². The third-order valence-electron chi connectivity index (χ3n) is 3.91. The minimum absolute atomic E-state index is 0.112. The van der Waals surface area contributed by atoms with Gasteiger partial charge >= 0.3 is 0 Å². The summed E-state index contributed by atoms with van der Waals surface area (Å²) >= 11 is 0. The molecular weight excluding hydrogens is 254 g/mol. The molecule has 2 unspecified atom stereocenters. The van der Waals surface area contributed by atoms with Crippen molar-refractivity contribution in [2.45, 2.75) is 57.3 Å². The Hall–Kier alpha value is -1.26. The van der Waals surface area contributed by atoms with Crippen LogP contribution in [-0.2, 0) is 0 Å². The van der Waals surface area contributed by atoms with Crippen LogP contribution in [0.25, 0.3) is 0 Å². The van der Waals surface area contributed by atoms with Crippen molar-refractivity contribution in [3.05, 3.63) is 23.8 Å². The van der Waals surface area contributed by atoms with E-state index in [1.165, 1.54) is 0 Å². The summed E-state index contributed by atoms with van der Waals surface area (Å²) < 4.78 is 11.3. The van der Waals surface area contributed by atoms with Crippen LogP contribution in [0.15, 0.2) is 18.2 Å². The van der Waals surface area contributed by atoms with Crippen LogP contribution < -0.4 is 15.2 Å². The first-order valence-electron chi connectivity index (χ1n) is 7.40. The van der Waals surface area contributed by atoms with Gasteiger partial charge in [0.15, 0.2) is 0 Å². The van der Waals surface area contributed by atoms with E-state index in [1.807, 2.05) is 25.1 Å². The van der Waals surface area contributed by atoms with Gasteiger partial charge < -0.3 is 20.3 Å². The normalized spacial score (nSPS) is 24.8. The smallest absolute Gasteiger partial charge is 0.128 e. The maximum Gasteiger partial charge on any atom is 0.128 e. The number of aliphatic hydroxyl groups is 1. The maximum atomic E-state index is 10.2. The molecule has 0 aromatic heterocycles. The Morgan fingerprint density at radius 2 is 2.00 bits per heavy atom. The standard InChI is InChI=1S/C16H25NO3/c1-11(17)13-9-8-12(19-2)10-16(13)20-15-7-5-3-4-6-14(15)18/h8-11,14-15,18H,3-7,17H2,1-2H3/t11-,14?,15?/m0/s1. The molecule has 2 rings (SSSR count). The highest BCUT2D eigenvalue weighted by molar-refractivity contribution is 5.42. The number of hydrogen-bond donors (Lipinski definition) is 2. The minimum atomic E-state index is -0.398. The summed E-state index contributed by atoms with van der Waals surface area (Å²) in [6.07, 6.45) is 4.47. The van der Waals surface area contributed by atoms with Crippen molar-refractivity contribution in [1.82, 2.24) is 0 Å². The third kappa shape index (κ3) is 3.64. The van der Waals surface area contributed by atoms with Crippen LogP contribution in [-0.4, -0.2) is 24.4 Å². The molecule has 1 saturated carbocycles. The summed E-state index contributed by atoms with van der Waals surface area (Å²) in [4.78, 5) is 0. The second-order valence-electron chi connectivity index (χ2n) is 5.55. The number of nitrogens with two attached hydrogens (primary N) is 1. The summed E-state index contributed by atoms with van der Waals surface area (Å²) in [6, 6.07) is 5.56. The predicted molar refractivity (Wildman–Crippen MR) is 79.1 cm³/mol. The molecule has 3 atom stereocenters. The molecule has 112 valence electrons. The van der Waals surface area contributed by atoms with Gasteiger partial charge in [-0.15, -0.1) is 0 Å². The Kier molecular flexibility index (Phi) is 5.26. The molecule has 0 spiro atoms. The van der Waals surface area contributed by atoms with E-state index in [0.717, 1.165) is 49.2 Å². The first-order valence-corrected chi connectivity index (χ1v) is 7.40. The van der Waals surface area contributed by atoms with Crippen molar-refractivity contribution in [2.24, 2.45) is 5.73 Å². The van der Waals surface area contributed by atoms with Crippen LogP contribution in [0.4, 0.5) is 0 Å². The monoisotopic (exact) mass is 279 g/mol. The van der Waals surface area contributed by atoms with Gasteiger partial charge in [0, 0.05) is 17.7 Å². The predicted octanol–water partition coefficient (Wildman–Crippen LogP) is 2.79. The van der Waals surface area contributed by atoms with Gasteiger partial charge in [-0.2, -0.15) is 0 Å². The second kappa shape index (κ2) is 6.95. The van der Waals surface area contributed by atoms with Gasteiger partial charge in [-0.25, -0.2) is 0 Å². The summed E-state index contributed by atoms with van der Waals surface area (Å²) in [5.41, 5.74) is 6.94. The lowest BCUT2D eigenvalue weighted by Gasteiger charge is -2.24. The lowest BCUT2D eigenvalue weighted by atomic mass is 10.1. The maximum absolute atomic E-state index is 10.2. The van der Waals surface area contributed by atoms with Crippen LogP contribution in [0.1, 0.15) is 50.6 Å². The Morgan fingerprint density at radius 1 is 1.25 bits per heavy atom. The molecule has 0 radical (unpaired) electrons. The van der Waals surface area contributed by atoms with Gasteiger partial charge in [0.2, 0.25) is 0 Å². The number of rotatable bonds is 4. The Balaban J connectivity index is 2.21. The van der Waals surface area contributed by atoms with Gasteiger partial charge in [0.1, 0.15) is 17.6 Å². The van der Waals surface area contributed by atoms with Crippen LogP contribution in [0.3, 0.4) is 0 Å². The largest absolute Gasteiger partial charge is 0.497 e. The molecule has 0 heterocycles. The minimum Gasteiger partial charge on any atom is -0.497 e. The highest BCUT2D eigenvalue weighted by Gasteiger charge is 2.24. The van der Waals surface area contributed by atoms with E-state index in [2.05, 4.69) is 0 Å². The number of aliphatic hydroxyl groups excluding tert-OH is 1. The van der Waals surface area contributed by atoms with E-state index < -0.39 is 6.10 Å². The molecule has 1 aliphatic carbocycles. The fourth-order valence-electron chi connectivity index (χ4n) is 2.67. The molecule has 3 N–H and O–H groups in total. The van der Waals surface area contributed by atoms with E-state index in [-0.39, 0.29) is 12.1 Å². The first kappa shape index (κ1) is 15.1. The molecule has 0 bridgehead atoms. The molecule has 4 nitrogen and oxygen atoms in total. The van der Waals surface area contributed by atoms with Gasteiger partial charge in [-0.05, 0) is 32.3 Å². The summed E-state index contributed by atoms with van der Waals surface area (Å²) in [5, 5.41) is 10.2. The SMILES string of the molecule is COc1ccc([C@H](C)N)c(OC2CCCCCC2O)c1. The fraction of sp³-hybridized carbons (Fsp3) is 0.625. The molecular formula is C16H25NO3. The van der Waals surface area contributed by atoms with Gasteiger partial charge in [-0.1, -0.05) is 18.9 Å². The van der Waals surface area contributed by atoms with Crippen LogP contribution in [0.5, 0.6) is 11.5 Å². The number of ether oxygens (including phenoxy) is 2. The molecule has 1 aromatic carbocycles. The zero-order chi connectivity index (χ0) is 14.5. The Bertz CT molecular complexity index is 434. The zero-order valence-corrected chi connectivity index (χ0v) is 12.3. The third-order valence-corrected chi connectivity index (χ3v) is 3.91. The molecule has 1 fully saturated rings. The Labute approximate surface area is 120 Å². The highest BCUT2D eigenvalue weighted by atomic mass is 16.5. The van der Waals surface area contributed by atoms with E-state index in [1.54, 1.807) is 7.11 Å². The van der Waals surface area contributed by atoms with E-state index in [0.29, 0.717) is 0 Å². The topological polar surface area (TPSA) is 64.7 Å². The molecule has 0 aliphatic heterocycles. The quantitative estimate of drug-likeness (QED) is 0.832. The van der Waals surface area contributed by atoms with Crippen molar-refractivity contribution in [1.29, 1.82) is 0 Å². The highest BCUT2D eigenvalue weighted by Crippen LogP contribution is 2.31. The van der Waals surface area contributed by atoms with Crippen LogP contribution in [0.2, 0.25) is 0 Å². The average molecular weight is 279 g/mol. The van der Waals surface area contributed by atoms with Crippen molar-refractivity contribution >= 4 is 0 Å². The van der Waals surface area contributed by atoms with Crippen molar-refractivity contribution < 1.29 is 14.6 Å². The summed E-state index contributed by atoms with van der Waals surface area (Å²) in [5.74, 6) is 1.47. The molecule has 4 heteroatoms. The number of methoxy groups -OCH3 is 1. The molecule has 0 amide bonds. The molecule has 0 saturated heterocycles. The lowest BCUT2D eigenvalue weighted by Crippen LogP contribution is -2.31. The van der Waals surface area contributed by atoms with Gasteiger partial charge in [0.25, 0.3) is 0 Å². The summed E-state index contributed by atoms with van der Waals surface area (Å²) in [7, 11) is 1.63. The van der Waals surface area contributed by atoms with Gasteiger partial charge in [-0.3, -0.25) is 0 Å². The number of benzene rings is 1. The van der Waals surface area contributed by atoms with Crippen LogP contribution >= 0.6 is 0 Å². The second-order valence-corrected chi connectivity index (χ2v) is 5.55. The molecule has 1 aromatic rings. The molecule has 1 aliphatic rings. The number of hydrogen-bond acceptors (Lipinski definition) is 4.